The van der Waals surface area contributed by atoms with Gasteiger partial charge in [0.25, 0.3) is 0 Å². The Morgan fingerprint density at radius 2 is 1.82 bits per heavy atom. The minimum atomic E-state index is 0.113. The van der Waals surface area contributed by atoms with Gasteiger partial charge in [-0.2, -0.15) is 0 Å². The molecule has 5 aliphatic rings. The van der Waals surface area contributed by atoms with Crippen LogP contribution in [0.25, 0.3) is 6.08 Å². The molecule has 0 amide bonds. The first-order valence-corrected chi connectivity index (χ1v) is 14.6. The second kappa shape index (κ2) is 10.5. The molecule has 7 heteroatoms. The van der Waals surface area contributed by atoms with E-state index in [2.05, 4.69) is 94.2 Å². The third-order valence-electron chi connectivity index (χ3n) is 10.2. The summed E-state index contributed by atoms with van der Waals surface area (Å²) < 4.78 is 5.40. The number of nitrogens with one attached hydrogen (secondary N) is 3. The van der Waals surface area contributed by atoms with E-state index in [0.717, 1.165) is 67.4 Å². The molecule has 39 heavy (non-hydrogen) atoms. The Kier molecular flexibility index (Phi) is 7.06. The van der Waals surface area contributed by atoms with Gasteiger partial charge >= 0.3 is 0 Å². The molecule has 2 aromatic rings. The molecule has 1 saturated heterocycles. The maximum Gasteiger partial charge on any atom is 0.210 e. The quantitative estimate of drug-likeness (QED) is 0.377. The van der Waals surface area contributed by atoms with Crippen molar-refractivity contribution in [2.45, 2.75) is 45.7 Å². The van der Waals surface area contributed by atoms with Crippen LogP contribution in [-0.4, -0.2) is 62.2 Å². The Morgan fingerprint density at radius 1 is 1.05 bits per heavy atom. The summed E-state index contributed by atoms with van der Waals surface area (Å²) in [6.07, 6.45) is 6.94. The fourth-order valence-corrected chi connectivity index (χ4v) is 7.64. The number of anilines is 1. The number of benzene rings is 2. The lowest BCUT2D eigenvalue weighted by Gasteiger charge is -2.64. The van der Waals surface area contributed by atoms with Crippen molar-refractivity contribution in [2.24, 2.45) is 28.2 Å². The molecule has 7 rings (SSSR count). The zero-order chi connectivity index (χ0) is 27.1. The van der Waals surface area contributed by atoms with Crippen LogP contribution in [0.2, 0.25) is 0 Å². The fourth-order valence-electron chi connectivity index (χ4n) is 7.64. The van der Waals surface area contributed by atoms with Crippen molar-refractivity contribution in [3.8, 4) is 5.75 Å². The predicted molar refractivity (Wildman–Crippen MR) is 160 cm³/mol. The number of fused-ring (bicyclic) bond motifs is 3. The number of hydrogen-bond acceptors (Lipinski definition) is 5. The highest BCUT2D eigenvalue weighted by molar-refractivity contribution is 5.93. The van der Waals surface area contributed by atoms with Crippen LogP contribution in [0, 0.1) is 23.2 Å². The number of hydrazine groups is 1. The number of rotatable bonds is 5. The molecule has 2 bridgehead atoms. The van der Waals surface area contributed by atoms with Crippen molar-refractivity contribution in [3.63, 3.8) is 0 Å². The standard InChI is InChI=1S/C32H44N6O/c1-21-28-19-24(32(28,2)3)20-29(21)37-14-16-38(17-15-37)36-31(33-4)35-25-8-6-22(7-9-25)30-27-11-10-26(39-5)18-23(27)12-13-34-30/h6-13,18,21,24,28-30,34H,14-17,19-20H2,1-5H3,(H2,33,35,36). The van der Waals surface area contributed by atoms with Crippen LogP contribution in [0.3, 0.4) is 0 Å². The van der Waals surface area contributed by atoms with Crippen LogP contribution in [0.5, 0.6) is 5.75 Å². The second-order valence-electron chi connectivity index (χ2n) is 12.4. The Hall–Kier alpha value is -3.03. The lowest BCUT2D eigenvalue weighted by atomic mass is 9.44. The maximum absolute atomic E-state index is 5.40. The molecule has 3 aliphatic carbocycles. The molecule has 2 heterocycles. The normalized spacial score (nSPS) is 30.1. The summed E-state index contributed by atoms with van der Waals surface area (Å²) in [4.78, 5) is 7.25. The summed E-state index contributed by atoms with van der Waals surface area (Å²) in [5.41, 5.74) is 8.75. The smallest absolute Gasteiger partial charge is 0.210 e. The summed E-state index contributed by atoms with van der Waals surface area (Å²) in [5.74, 6) is 4.27. The van der Waals surface area contributed by atoms with E-state index in [1.807, 2.05) is 19.3 Å². The van der Waals surface area contributed by atoms with Crippen molar-refractivity contribution in [2.75, 3.05) is 45.7 Å². The van der Waals surface area contributed by atoms with E-state index >= 15 is 0 Å². The fraction of sp³-hybridized carbons (Fsp3) is 0.531. The third-order valence-corrected chi connectivity index (χ3v) is 10.2. The monoisotopic (exact) mass is 528 g/mol. The van der Waals surface area contributed by atoms with Crippen molar-refractivity contribution in [3.05, 3.63) is 65.4 Å². The van der Waals surface area contributed by atoms with Gasteiger partial charge < -0.3 is 15.4 Å². The Labute approximate surface area is 233 Å². The molecular weight excluding hydrogens is 484 g/mol. The van der Waals surface area contributed by atoms with Crippen LogP contribution in [0.15, 0.2) is 53.7 Å². The van der Waals surface area contributed by atoms with E-state index in [1.54, 1.807) is 7.11 Å². The molecule has 3 N–H and O–H groups in total. The first-order valence-electron chi connectivity index (χ1n) is 14.6. The van der Waals surface area contributed by atoms with E-state index < -0.39 is 0 Å². The summed E-state index contributed by atoms with van der Waals surface area (Å²) >= 11 is 0. The Balaban J connectivity index is 1.02. The molecule has 7 nitrogen and oxygen atoms in total. The summed E-state index contributed by atoms with van der Waals surface area (Å²) in [7, 11) is 3.54. The van der Waals surface area contributed by atoms with E-state index in [9.17, 15) is 0 Å². The van der Waals surface area contributed by atoms with Gasteiger partial charge in [0, 0.05) is 45.0 Å². The first-order chi connectivity index (χ1) is 18.9. The van der Waals surface area contributed by atoms with Crippen molar-refractivity contribution in [1.82, 2.24) is 20.7 Å². The van der Waals surface area contributed by atoms with Crippen molar-refractivity contribution in [1.29, 1.82) is 0 Å². The lowest BCUT2D eigenvalue weighted by molar-refractivity contribution is -0.143. The lowest BCUT2D eigenvalue weighted by Crippen LogP contribution is -2.64. The average molecular weight is 529 g/mol. The molecular formula is C32H44N6O. The highest BCUT2D eigenvalue weighted by Gasteiger charge is 2.57. The molecule has 2 aliphatic heterocycles. The van der Waals surface area contributed by atoms with Gasteiger partial charge in [0.05, 0.1) is 13.2 Å². The zero-order valence-electron chi connectivity index (χ0n) is 24.1. The minimum Gasteiger partial charge on any atom is -0.497 e. The molecule has 3 saturated carbocycles. The van der Waals surface area contributed by atoms with E-state index in [1.165, 1.54) is 29.5 Å². The first kappa shape index (κ1) is 26.2. The number of piperazine rings is 1. The van der Waals surface area contributed by atoms with Gasteiger partial charge in [-0.1, -0.05) is 39.0 Å². The topological polar surface area (TPSA) is 64.2 Å². The van der Waals surface area contributed by atoms with Crippen LogP contribution in [0.1, 0.15) is 56.3 Å². The molecule has 5 atom stereocenters. The van der Waals surface area contributed by atoms with Gasteiger partial charge in [-0.3, -0.25) is 15.3 Å². The van der Waals surface area contributed by atoms with Gasteiger partial charge in [0.1, 0.15) is 5.75 Å². The summed E-state index contributed by atoms with van der Waals surface area (Å²) in [5, 5.41) is 9.29. The Bertz CT molecular complexity index is 1230. The molecule has 0 aromatic heterocycles. The van der Waals surface area contributed by atoms with Gasteiger partial charge in [0.2, 0.25) is 5.96 Å². The Morgan fingerprint density at radius 3 is 2.49 bits per heavy atom. The number of hydrogen-bond donors (Lipinski definition) is 3. The predicted octanol–water partition coefficient (Wildman–Crippen LogP) is 4.95. The number of aliphatic imine (C=N–C) groups is 1. The van der Waals surface area contributed by atoms with E-state index in [4.69, 9.17) is 4.74 Å². The molecule has 5 unspecified atom stereocenters. The van der Waals surface area contributed by atoms with E-state index in [0.29, 0.717) is 5.41 Å². The molecule has 4 fully saturated rings. The van der Waals surface area contributed by atoms with Gasteiger partial charge in [-0.05, 0) is 89.2 Å². The zero-order valence-corrected chi connectivity index (χ0v) is 24.1. The number of ether oxygens (including phenoxy) is 1. The van der Waals surface area contributed by atoms with Crippen LogP contribution in [0.4, 0.5) is 5.69 Å². The minimum absolute atomic E-state index is 0.113. The van der Waals surface area contributed by atoms with Crippen LogP contribution in [-0.2, 0) is 0 Å². The average Bonchev–Trinajstić information content (AvgIpc) is 2.96. The van der Waals surface area contributed by atoms with E-state index in [-0.39, 0.29) is 6.04 Å². The number of guanidine groups is 1. The molecule has 0 radical (unpaired) electrons. The van der Waals surface area contributed by atoms with Gasteiger partial charge in [0.15, 0.2) is 0 Å². The van der Waals surface area contributed by atoms with Gasteiger partial charge in [-0.15, -0.1) is 0 Å². The third kappa shape index (κ3) is 4.91. The number of nitrogens with zero attached hydrogens (tertiary/aromatic N) is 3. The summed E-state index contributed by atoms with van der Waals surface area (Å²) in [6.45, 7) is 11.7. The second-order valence-corrected chi connectivity index (χ2v) is 12.4. The molecule has 2 aromatic carbocycles. The highest BCUT2D eigenvalue weighted by Crippen LogP contribution is 2.62. The molecule has 208 valence electrons. The largest absolute Gasteiger partial charge is 0.497 e. The summed E-state index contributed by atoms with van der Waals surface area (Å²) in [6, 6.07) is 15.7. The number of methoxy groups -OCH3 is 1. The van der Waals surface area contributed by atoms with Crippen LogP contribution < -0.4 is 20.8 Å². The van der Waals surface area contributed by atoms with Crippen molar-refractivity contribution >= 4 is 17.7 Å². The SMILES string of the molecule is CN=C(Nc1ccc(C2NC=Cc3cc(OC)ccc32)cc1)NN1CCN(C2CC3CC(C2C)C3(C)C)CC1. The van der Waals surface area contributed by atoms with Crippen molar-refractivity contribution < 1.29 is 4.74 Å². The highest BCUT2D eigenvalue weighted by atomic mass is 16.5. The maximum atomic E-state index is 5.40. The van der Waals surface area contributed by atoms with Crippen LogP contribution >= 0.6 is 0 Å². The van der Waals surface area contributed by atoms with Gasteiger partial charge in [-0.25, -0.2) is 5.01 Å². The molecule has 0 spiro atoms.